The van der Waals surface area contributed by atoms with Crippen molar-refractivity contribution in [1.29, 1.82) is 0 Å². The summed E-state index contributed by atoms with van der Waals surface area (Å²) in [5.41, 5.74) is 1.61. The molecule has 0 spiro atoms. The number of halogens is 2. The molecule has 2 aromatic carbocycles. The first kappa shape index (κ1) is 13.9. The Labute approximate surface area is 131 Å². The summed E-state index contributed by atoms with van der Waals surface area (Å²) in [6.45, 7) is 0.375. The first-order valence-electron chi connectivity index (χ1n) is 6.29. The van der Waals surface area contributed by atoms with E-state index in [0.717, 1.165) is 11.3 Å². The highest BCUT2D eigenvalue weighted by Crippen LogP contribution is 2.26. The molecule has 0 bridgehead atoms. The van der Waals surface area contributed by atoms with Gasteiger partial charge in [-0.3, -0.25) is 0 Å². The molecule has 0 radical (unpaired) electrons. The van der Waals surface area contributed by atoms with Crippen LogP contribution < -0.4 is 5.32 Å². The van der Waals surface area contributed by atoms with E-state index in [0.29, 0.717) is 28.4 Å². The van der Waals surface area contributed by atoms with Crippen molar-refractivity contribution in [2.24, 2.45) is 0 Å². The van der Waals surface area contributed by atoms with Crippen molar-refractivity contribution < 1.29 is 4.42 Å². The van der Waals surface area contributed by atoms with Crippen LogP contribution in [0.4, 0.5) is 5.69 Å². The van der Waals surface area contributed by atoms with E-state index in [1.807, 2.05) is 30.3 Å². The van der Waals surface area contributed by atoms with Gasteiger partial charge in [0.1, 0.15) is 0 Å². The number of aromatic nitrogens is 2. The molecule has 6 heteroatoms. The SMILES string of the molecule is Clc1ccc(Cl)c(NCc2nnc(-c3ccccc3)o2)c1. The Kier molecular flexibility index (Phi) is 4.08. The number of hydrogen-bond donors (Lipinski definition) is 1. The molecule has 0 saturated heterocycles. The van der Waals surface area contributed by atoms with Gasteiger partial charge in [0.2, 0.25) is 11.8 Å². The molecule has 0 atom stereocenters. The van der Waals surface area contributed by atoms with Crippen molar-refractivity contribution in [3.8, 4) is 11.5 Å². The molecule has 21 heavy (non-hydrogen) atoms. The minimum absolute atomic E-state index is 0.375. The highest BCUT2D eigenvalue weighted by Gasteiger charge is 2.08. The zero-order valence-electron chi connectivity index (χ0n) is 10.9. The molecular weight excluding hydrogens is 309 g/mol. The van der Waals surface area contributed by atoms with Gasteiger partial charge in [0.15, 0.2) is 0 Å². The second kappa shape index (κ2) is 6.16. The first-order chi connectivity index (χ1) is 10.2. The van der Waals surface area contributed by atoms with Crippen LogP contribution >= 0.6 is 23.2 Å². The monoisotopic (exact) mass is 319 g/mol. The van der Waals surface area contributed by atoms with Crippen molar-refractivity contribution in [2.45, 2.75) is 6.54 Å². The summed E-state index contributed by atoms with van der Waals surface area (Å²) in [6, 6.07) is 14.8. The van der Waals surface area contributed by atoms with E-state index in [2.05, 4.69) is 15.5 Å². The van der Waals surface area contributed by atoms with Crippen molar-refractivity contribution in [3.05, 3.63) is 64.5 Å². The quantitative estimate of drug-likeness (QED) is 0.760. The number of hydrogen-bond acceptors (Lipinski definition) is 4. The molecule has 3 rings (SSSR count). The Morgan fingerprint density at radius 1 is 1.00 bits per heavy atom. The summed E-state index contributed by atoms with van der Waals surface area (Å²) in [5, 5.41) is 12.3. The molecule has 3 aromatic rings. The molecule has 0 aliphatic carbocycles. The zero-order chi connectivity index (χ0) is 14.7. The third-order valence-corrected chi connectivity index (χ3v) is 3.41. The average molecular weight is 320 g/mol. The van der Waals surface area contributed by atoms with E-state index in [1.165, 1.54) is 0 Å². The maximum Gasteiger partial charge on any atom is 0.247 e. The summed E-state index contributed by atoms with van der Waals surface area (Å²) in [7, 11) is 0. The third-order valence-electron chi connectivity index (χ3n) is 2.85. The normalized spacial score (nSPS) is 10.6. The van der Waals surface area contributed by atoms with E-state index in [1.54, 1.807) is 18.2 Å². The molecule has 1 heterocycles. The van der Waals surface area contributed by atoms with Gasteiger partial charge in [-0.2, -0.15) is 0 Å². The fraction of sp³-hybridized carbons (Fsp3) is 0.0667. The van der Waals surface area contributed by atoms with Gasteiger partial charge in [0.25, 0.3) is 0 Å². The average Bonchev–Trinajstić information content (AvgIpc) is 2.98. The molecule has 0 saturated carbocycles. The minimum Gasteiger partial charge on any atom is -0.419 e. The zero-order valence-corrected chi connectivity index (χ0v) is 12.4. The van der Waals surface area contributed by atoms with Crippen molar-refractivity contribution in [2.75, 3.05) is 5.32 Å². The Bertz CT molecular complexity index is 744. The molecule has 0 unspecified atom stereocenters. The van der Waals surface area contributed by atoms with Crippen LogP contribution in [0, 0.1) is 0 Å². The Balaban J connectivity index is 1.72. The predicted molar refractivity (Wildman–Crippen MR) is 83.5 cm³/mol. The van der Waals surface area contributed by atoms with Crippen LogP contribution in [-0.4, -0.2) is 10.2 Å². The Morgan fingerprint density at radius 3 is 2.62 bits per heavy atom. The maximum atomic E-state index is 6.08. The minimum atomic E-state index is 0.375. The standard InChI is InChI=1S/C15H11Cl2N3O/c16-11-6-7-12(17)13(8-11)18-9-14-19-20-15(21-14)10-4-2-1-3-5-10/h1-8,18H,9H2. The fourth-order valence-electron chi connectivity index (χ4n) is 1.83. The lowest BCUT2D eigenvalue weighted by Crippen LogP contribution is -2.00. The topological polar surface area (TPSA) is 51.0 Å². The number of nitrogens with zero attached hydrogens (tertiary/aromatic N) is 2. The van der Waals surface area contributed by atoms with Gasteiger partial charge in [-0.15, -0.1) is 10.2 Å². The molecule has 1 aromatic heterocycles. The number of rotatable bonds is 4. The Morgan fingerprint density at radius 2 is 1.81 bits per heavy atom. The molecule has 0 fully saturated rings. The van der Waals surface area contributed by atoms with E-state index in [-0.39, 0.29) is 0 Å². The fourth-order valence-corrected chi connectivity index (χ4v) is 2.18. The lowest BCUT2D eigenvalue weighted by atomic mass is 10.2. The van der Waals surface area contributed by atoms with E-state index in [9.17, 15) is 0 Å². The van der Waals surface area contributed by atoms with Gasteiger partial charge in [0.05, 0.1) is 17.3 Å². The highest BCUT2D eigenvalue weighted by atomic mass is 35.5. The van der Waals surface area contributed by atoms with Crippen LogP contribution in [0.5, 0.6) is 0 Å². The molecule has 106 valence electrons. The van der Waals surface area contributed by atoms with Gasteiger partial charge in [-0.1, -0.05) is 41.4 Å². The lowest BCUT2D eigenvalue weighted by molar-refractivity contribution is 0.515. The third kappa shape index (κ3) is 3.35. The van der Waals surface area contributed by atoms with Gasteiger partial charge < -0.3 is 9.73 Å². The molecule has 0 amide bonds. The predicted octanol–water partition coefficient (Wildman–Crippen LogP) is 4.66. The van der Waals surface area contributed by atoms with Crippen LogP contribution in [0.1, 0.15) is 5.89 Å². The number of anilines is 1. The van der Waals surface area contributed by atoms with E-state index >= 15 is 0 Å². The van der Waals surface area contributed by atoms with E-state index < -0.39 is 0 Å². The summed E-state index contributed by atoms with van der Waals surface area (Å²) in [6.07, 6.45) is 0. The summed E-state index contributed by atoms with van der Waals surface area (Å²) in [4.78, 5) is 0. The molecule has 0 aliphatic rings. The van der Waals surface area contributed by atoms with Gasteiger partial charge in [0, 0.05) is 10.6 Å². The van der Waals surface area contributed by atoms with Crippen molar-refractivity contribution >= 4 is 28.9 Å². The summed E-state index contributed by atoms with van der Waals surface area (Å²) >= 11 is 12.0. The Hall–Kier alpha value is -2.04. The second-order valence-corrected chi connectivity index (χ2v) is 5.19. The first-order valence-corrected chi connectivity index (χ1v) is 7.05. The maximum absolute atomic E-state index is 6.08. The smallest absolute Gasteiger partial charge is 0.247 e. The number of benzene rings is 2. The molecule has 1 N–H and O–H groups in total. The molecular formula is C15H11Cl2N3O. The van der Waals surface area contributed by atoms with Crippen LogP contribution in [0.2, 0.25) is 10.0 Å². The summed E-state index contributed by atoms with van der Waals surface area (Å²) < 4.78 is 5.60. The lowest BCUT2D eigenvalue weighted by Gasteiger charge is -2.06. The van der Waals surface area contributed by atoms with Gasteiger partial charge >= 0.3 is 0 Å². The second-order valence-electron chi connectivity index (χ2n) is 4.34. The van der Waals surface area contributed by atoms with Crippen LogP contribution in [0.3, 0.4) is 0 Å². The van der Waals surface area contributed by atoms with Gasteiger partial charge in [-0.25, -0.2) is 0 Å². The summed E-state index contributed by atoms with van der Waals surface area (Å²) in [5.74, 6) is 0.967. The van der Waals surface area contributed by atoms with Gasteiger partial charge in [-0.05, 0) is 30.3 Å². The highest BCUT2D eigenvalue weighted by molar-refractivity contribution is 6.35. The van der Waals surface area contributed by atoms with Crippen LogP contribution in [0.15, 0.2) is 52.9 Å². The molecule has 0 aliphatic heterocycles. The molecule has 4 nitrogen and oxygen atoms in total. The van der Waals surface area contributed by atoms with Crippen molar-refractivity contribution in [1.82, 2.24) is 10.2 Å². The van der Waals surface area contributed by atoms with E-state index in [4.69, 9.17) is 27.6 Å². The van der Waals surface area contributed by atoms with Crippen molar-refractivity contribution in [3.63, 3.8) is 0 Å². The largest absolute Gasteiger partial charge is 0.419 e. The number of nitrogens with one attached hydrogen (secondary N) is 1. The van der Waals surface area contributed by atoms with Crippen LogP contribution in [0.25, 0.3) is 11.5 Å². The van der Waals surface area contributed by atoms with Crippen LogP contribution in [-0.2, 0) is 6.54 Å².